The van der Waals surface area contributed by atoms with Gasteiger partial charge in [-0.25, -0.2) is 14.8 Å². The number of benzene rings is 2. The average molecular weight is 506 g/mol. The first-order chi connectivity index (χ1) is 17.4. The smallest absolute Gasteiger partial charge is 0.319 e. The van der Waals surface area contributed by atoms with Gasteiger partial charge in [0.2, 0.25) is 5.91 Å². The standard InChI is InChI=1S/C27H30ClN6O2/c1-34(18-26(35)30-21-9-5-6-10-21)25-16-23(28)32-24(33-25)15-19-11-13-22(14-12-19)31-27(36)29-17-20-7-3-2-4-8-20/h2-4,7-8,11-14,21H,5-6,9-10,15,17-18H2,1H3,(H,30,35)(H2,29,31,36). The molecule has 1 saturated carbocycles. The molecule has 3 amide bonds. The average Bonchev–Trinajstić information content (AvgIpc) is 3.37. The zero-order chi connectivity index (χ0) is 25.3. The van der Waals surface area contributed by atoms with Crippen LogP contribution in [0.1, 0.15) is 42.6 Å². The fourth-order valence-corrected chi connectivity index (χ4v) is 4.33. The number of nitrogens with one attached hydrogen (secondary N) is 3. The molecule has 3 N–H and O–H groups in total. The van der Waals surface area contributed by atoms with Crippen molar-refractivity contribution >= 4 is 35.0 Å². The van der Waals surface area contributed by atoms with Gasteiger partial charge < -0.3 is 20.9 Å². The van der Waals surface area contributed by atoms with Gasteiger partial charge in [-0.05, 0) is 36.1 Å². The Hall–Kier alpha value is -3.65. The van der Waals surface area contributed by atoms with Gasteiger partial charge in [-0.15, -0.1) is 0 Å². The summed E-state index contributed by atoms with van der Waals surface area (Å²) in [6.07, 6.45) is 4.86. The third kappa shape index (κ3) is 7.68. The van der Waals surface area contributed by atoms with E-state index in [0.29, 0.717) is 30.3 Å². The summed E-state index contributed by atoms with van der Waals surface area (Å²) in [4.78, 5) is 35.1. The van der Waals surface area contributed by atoms with Crippen LogP contribution in [0, 0.1) is 6.07 Å². The van der Waals surface area contributed by atoms with Crippen molar-refractivity contribution < 1.29 is 9.59 Å². The van der Waals surface area contributed by atoms with Crippen molar-refractivity contribution in [2.75, 3.05) is 23.8 Å². The molecule has 1 aliphatic rings. The second-order valence-electron chi connectivity index (χ2n) is 8.95. The van der Waals surface area contributed by atoms with Gasteiger partial charge in [-0.3, -0.25) is 4.79 Å². The molecule has 2 aromatic carbocycles. The molecule has 1 heterocycles. The lowest BCUT2D eigenvalue weighted by molar-refractivity contribution is -0.120. The topological polar surface area (TPSA) is 99.3 Å². The minimum absolute atomic E-state index is 0.0371. The summed E-state index contributed by atoms with van der Waals surface area (Å²) in [7, 11) is 1.79. The molecule has 0 spiro atoms. The summed E-state index contributed by atoms with van der Waals surface area (Å²) in [6.45, 7) is 0.624. The van der Waals surface area contributed by atoms with E-state index in [0.717, 1.165) is 36.8 Å². The summed E-state index contributed by atoms with van der Waals surface area (Å²) in [5, 5.41) is 8.94. The molecule has 0 bridgehead atoms. The molecule has 1 fully saturated rings. The molecule has 0 aliphatic heterocycles. The van der Waals surface area contributed by atoms with Gasteiger partial charge in [-0.2, -0.15) is 0 Å². The van der Waals surface area contributed by atoms with Crippen molar-refractivity contribution in [2.45, 2.75) is 44.7 Å². The fourth-order valence-electron chi connectivity index (χ4n) is 4.14. The summed E-state index contributed by atoms with van der Waals surface area (Å²) < 4.78 is 0. The molecule has 3 aromatic rings. The van der Waals surface area contributed by atoms with Gasteiger partial charge in [0.15, 0.2) is 0 Å². The van der Waals surface area contributed by atoms with Crippen LogP contribution in [0.5, 0.6) is 0 Å². The maximum absolute atomic E-state index is 12.4. The number of anilines is 2. The van der Waals surface area contributed by atoms with Crippen LogP contribution in [0.3, 0.4) is 0 Å². The van der Waals surface area contributed by atoms with Crippen molar-refractivity contribution in [3.63, 3.8) is 0 Å². The van der Waals surface area contributed by atoms with Crippen LogP contribution < -0.4 is 20.9 Å². The van der Waals surface area contributed by atoms with Crippen LogP contribution in [0.2, 0.25) is 5.15 Å². The van der Waals surface area contributed by atoms with E-state index >= 15 is 0 Å². The third-order valence-corrected chi connectivity index (χ3v) is 6.19. The molecule has 1 aliphatic carbocycles. The first-order valence-electron chi connectivity index (χ1n) is 12.1. The maximum Gasteiger partial charge on any atom is 0.319 e. The Balaban J connectivity index is 1.30. The third-order valence-electron chi connectivity index (χ3n) is 6.01. The molecule has 0 atom stereocenters. The van der Waals surface area contributed by atoms with Gasteiger partial charge >= 0.3 is 6.03 Å². The summed E-state index contributed by atoms with van der Waals surface area (Å²) >= 11 is 6.20. The van der Waals surface area contributed by atoms with E-state index in [2.05, 4.69) is 32.0 Å². The SMILES string of the molecule is CN(CC(=O)NC1CCCC1)c1[c]c(Cl)nc(Cc2ccc(NC(=O)NCc3ccccc3)cc2)n1. The summed E-state index contributed by atoms with van der Waals surface area (Å²) in [5.74, 6) is 0.961. The number of halogens is 1. The maximum atomic E-state index is 12.4. The molecule has 9 heteroatoms. The second kappa shape index (κ2) is 12.4. The Bertz CT molecular complexity index is 1170. The fraction of sp³-hybridized carbons (Fsp3) is 0.333. The van der Waals surface area contributed by atoms with Crippen molar-refractivity contribution in [3.8, 4) is 0 Å². The van der Waals surface area contributed by atoms with E-state index < -0.39 is 0 Å². The lowest BCUT2D eigenvalue weighted by atomic mass is 10.1. The zero-order valence-corrected chi connectivity index (χ0v) is 21.0. The number of carbonyl (C=O) groups is 2. The Morgan fingerprint density at radius 3 is 2.47 bits per heavy atom. The van der Waals surface area contributed by atoms with E-state index in [1.54, 1.807) is 11.9 Å². The van der Waals surface area contributed by atoms with Crippen LogP contribution in [0.15, 0.2) is 54.6 Å². The van der Waals surface area contributed by atoms with Gasteiger partial charge in [-0.1, -0.05) is 66.9 Å². The minimum Gasteiger partial charge on any atom is -0.352 e. The quantitative estimate of drug-likeness (QED) is 0.376. The molecule has 1 aromatic heterocycles. The van der Waals surface area contributed by atoms with Crippen molar-refractivity contribution in [1.82, 2.24) is 20.6 Å². The lowest BCUT2D eigenvalue weighted by Crippen LogP contribution is -2.40. The normalized spacial score (nSPS) is 13.3. The molecule has 187 valence electrons. The predicted octanol–water partition coefficient (Wildman–Crippen LogP) is 4.34. The second-order valence-corrected chi connectivity index (χ2v) is 9.31. The monoisotopic (exact) mass is 505 g/mol. The van der Waals surface area contributed by atoms with E-state index in [4.69, 9.17) is 11.6 Å². The molecule has 8 nitrogen and oxygen atoms in total. The highest BCUT2D eigenvalue weighted by Gasteiger charge is 2.19. The van der Waals surface area contributed by atoms with E-state index in [9.17, 15) is 9.59 Å². The van der Waals surface area contributed by atoms with Crippen LogP contribution >= 0.6 is 11.6 Å². The highest BCUT2D eigenvalue weighted by atomic mass is 35.5. The molecule has 0 saturated heterocycles. The Morgan fingerprint density at radius 1 is 1.03 bits per heavy atom. The zero-order valence-electron chi connectivity index (χ0n) is 20.3. The first kappa shape index (κ1) is 25.4. The van der Waals surface area contributed by atoms with E-state index in [-0.39, 0.29) is 29.7 Å². The van der Waals surface area contributed by atoms with Crippen LogP contribution in [0.4, 0.5) is 16.3 Å². The number of likely N-dealkylation sites (N-methyl/N-ethyl adjacent to an activating group) is 1. The van der Waals surface area contributed by atoms with Crippen molar-refractivity contribution in [1.29, 1.82) is 0 Å². The first-order valence-corrected chi connectivity index (χ1v) is 12.5. The van der Waals surface area contributed by atoms with Gasteiger partial charge in [0.25, 0.3) is 0 Å². The summed E-state index contributed by atoms with van der Waals surface area (Å²) in [6, 6.07) is 20.1. The number of carbonyl (C=O) groups excluding carboxylic acids is 2. The number of amides is 3. The number of urea groups is 1. The van der Waals surface area contributed by atoms with Crippen molar-refractivity contribution in [3.05, 3.63) is 82.8 Å². The number of aromatic nitrogens is 2. The van der Waals surface area contributed by atoms with Crippen LogP contribution in [0.25, 0.3) is 0 Å². The molecule has 0 unspecified atom stereocenters. The molecular formula is C27H30ClN6O2. The Kier molecular flexibility index (Phi) is 8.73. The lowest BCUT2D eigenvalue weighted by Gasteiger charge is -2.20. The molecule has 1 radical (unpaired) electrons. The number of nitrogens with zero attached hydrogens (tertiary/aromatic N) is 3. The molecule has 4 rings (SSSR count). The largest absolute Gasteiger partial charge is 0.352 e. The van der Waals surface area contributed by atoms with Gasteiger partial charge in [0.1, 0.15) is 16.8 Å². The summed E-state index contributed by atoms with van der Waals surface area (Å²) in [5.41, 5.74) is 2.67. The van der Waals surface area contributed by atoms with Crippen LogP contribution in [-0.4, -0.2) is 41.5 Å². The van der Waals surface area contributed by atoms with Gasteiger partial charge in [0, 0.05) is 31.7 Å². The van der Waals surface area contributed by atoms with Gasteiger partial charge in [0.05, 0.1) is 12.6 Å². The Labute approximate surface area is 216 Å². The van der Waals surface area contributed by atoms with Crippen LogP contribution in [-0.2, 0) is 17.8 Å². The number of rotatable bonds is 9. The highest BCUT2D eigenvalue weighted by Crippen LogP contribution is 2.19. The Morgan fingerprint density at radius 2 is 1.75 bits per heavy atom. The molecular weight excluding hydrogens is 476 g/mol. The van der Waals surface area contributed by atoms with E-state index in [1.807, 2.05) is 54.6 Å². The minimum atomic E-state index is -0.273. The number of hydrogen-bond acceptors (Lipinski definition) is 5. The highest BCUT2D eigenvalue weighted by molar-refractivity contribution is 6.29. The molecule has 36 heavy (non-hydrogen) atoms. The van der Waals surface area contributed by atoms with E-state index in [1.165, 1.54) is 0 Å². The number of hydrogen-bond donors (Lipinski definition) is 3. The van der Waals surface area contributed by atoms with Crippen molar-refractivity contribution in [2.24, 2.45) is 0 Å². The predicted molar refractivity (Wildman–Crippen MR) is 141 cm³/mol.